The van der Waals surface area contributed by atoms with Crippen LogP contribution >= 0.6 is 24.4 Å². The fourth-order valence-electron chi connectivity index (χ4n) is 1.18. The zero-order valence-electron chi connectivity index (χ0n) is 7.06. The van der Waals surface area contributed by atoms with Gasteiger partial charge in [-0.1, -0.05) is 11.8 Å². The lowest BCUT2D eigenvalue weighted by atomic mass is 10.7. The molecule has 1 aromatic heterocycles. The Balaban J connectivity index is 2.18. The first kappa shape index (κ1) is 9.21. The molecule has 1 fully saturated rings. The molecule has 1 N–H and O–H groups in total. The first-order valence-electron chi connectivity index (χ1n) is 4.23. The standard InChI is InChI=1S/C7H11N3OS2/c11-6-8-9-7(13-4-3-12)10(6)5-1-2-5/h5,12H,1-4H2,(H,8,11). The average Bonchev–Trinajstić information content (AvgIpc) is 2.88. The number of aromatic nitrogens is 3. The maximum Gasteiger partial charge on any atom is 0.344 e. The van der Waals surface area contributed by atoms with Crippen LogP contribution in [0.15, 0.2) is 9.95 Å². The summed E-state index contributed by atoms with van der Waals surface area (Å²) in [6.45, 7) is 0. The van der Waals surface area contributed by atoms with Crippen LogP contribution in [0.3, 0.4) is 0 Å². The molecule has 1 aromatic rings. The van der Waals surface area contributed by atoms with Gasteiger partial charge in [-0.3, -0.25) is 4.57 Å². The predicted octanol–water partition coefficient (Wildman–Crippen LogP) is 0.928. The molecular weight excluding hydrogens is 206 g/mol. The van der Waals surface area contributed by atoms with E-state index in [2.05, 4.69) is 22.8 Å². The second-order valence-corrected chi connectivity index (χ2v) is 4.49. The average molecular weight is 217 g/mol. The van der Waals surface area contributed by atoms with Crippen LogP contribution in [0.25, 0.3) is 0 Å². The van der Waals surface area contributed by atoms with Crippen molar-refractivity contribution in [2.75, 3.05) is 11.5 Å². The minimum Gasteiger partial charge on any atom is -0.267 e. The summed E-state index contributed by atoms with van der Waals surface area (Å²) in [7, 11) is 0. The topological polar surface area (TPSA) is 50.7 Å². The number of thioether (sulfide) groups is 1. The van der Waals surface area contributed by atoms with E-state index in [1.807, 2.05) is 0 Å². The molecule has 0 aliphatic heterocycles. The molecule has 0 bridgehead atoms. The van der Waals surface area contributed by atoms with Gasteiger partial charge in [-0.15, -0.1) is 5.10 Å². The van der Waals surface area contributed by atoms with Crippen molar-refractivity contribution in [2.45, 2.75) is 24.0 Å². The van der Waals surface area contributed by atoms with Crippen LogP contribution in [-0.4, -0.2) is 26.3 Å². The molecule has 1 aliphatic rings. The molecule has 2 rings (SSSR count). The number of hydrogen-bond donors (Lipinski definition) is 2. The third kappa shape index (κ3) is 1.94. The number of H-pyrrole nitrogens is 1. The Morgan fingerprint density at radius 1 is 1.69 bits per heavy atom. The number of rotatable bonds is 4. The summed E-state index contributed by atoms with van der Waals surface area (Å²) in [5.41, 5.74) is -0.0795. The molecular formula is C7H11N3OS2. The molecule has 0 saturated heterocycles. The van der Waals surface area contributed by atoms with Crippen molar-refractivity contribution in [3.8, 4) is 0 Å². The first-order valence-corrected chi connectivity index (χ1v) is 5.85. The molecule has 0 amide bonds. The van der Waals surface area contributed by atoms with E-state index in [4.69, 9.17) is 0 Å². The molecule has 0 spiro atoms. The van der Waals surface area contributed by atoms with E-state index >= 15 is 0 Å². The summed E-state index contributed by atoms with van der Waals surface area (Å²) in [5.74, 6) is 1.69. The quantitative estimate of drug-likeness (QED) is 0.582. The van der Waals surface area contributed by atoms with Crippen LogP contribution in [-0.2, 0) is 0 Å². The van der Waals surface area contributed by atoms with Crippen LogP contribution in [0.2, 0.25) is 0 Å². The van der Waals surface area contributed by atoms with Crippen LogP contribution < -0.4 is 5.69 Å². The minimum absolute atomic E-state index is 0.0795. The summed E-state index contributed by atoms with van der Waals surface area (Å²) in [5, 5.41) is 7.26. The summed E-state index contributed by atoms with van der Waals surface area (Å²) in [6.07, 6.45) is 2.21. The molecule has 1 aliphatic carbocycles. The van der Waals surface area contributed by atoms with Gasteiger partial charge in [0.05, 0.1) is 0 Å². The van der Waals surface area contributed by atoms with Gasteiger partial charge in [0.1, 0.15) is 0 Å². The van der Waals surface area contributed by atoms with E-state index in [-0.39, 0.29) is 5.69 Å². The summed E-state index contributed by atoms with van der Waals surface area (Å²) >= 11 is 5.69. The highest BCUT2D eigenvalue weighted by atomic mass is 32.2. The van der Waals surface area contributed by atoms with Gasteiger partial charge in [0.2, 0.25) is 0 Å². The maximum absolute atomic E-state index is 11.3. The highest BCUT2D eigenvalue weighted by Crippen LogP contribution is 2.35. The molecule has 6 heteroatoms. The number of nitrogens with zero attached hydrogens (tertiary/aromatic N) is 2. The lowest BCUT2D eigenvalue weighted by Crippen LogP contribution is -2.16. The Morgan fingerprint density at radius 3 is 3.08 bits per heavy atom. The SMILES string of the molecule is O=c1[nH]nc(SCCS)n1C1CC1. The summed E-state index contributed by atoms with van der Waals surface area (Å²) < 4.78 is 1.76. The van der Waals surface area contributed by atoms with Gasteiger partial charge in [0, 0.05) is 11.8 Å². The lowest BCUT2D eigenvalue weighted by molar-refractivity contribution is 0.643. The van der Waals surface area contributed by atoms with Gasteiger partial charge in [-0.2, -0.15) is 12.6 Å². The van der Waals surface area contributed by atoms with Gasteiger partial charge in [0.15, 0.2) is 5.16 Å². The van der Waals surface area contributed by atoms with Gasteiger partial charge >= 0.3 is 5.69 Å². The smallest absolute Gasteiger partial charge is 0.267 e. The number of hydrogen-bond acceptors (Lipinski definition) is 4. The fraction of sp³-hybridized carbons (Fsp3) is 0.714. The van der Waals surface area contributed by atoms with E-state index < -0.39 is 0 Å². The third-order valence-corrected chi connectivity index (χ3v) is 3.39. The molecule has 1 saturated carbocycles. The second-order valence-electron chi connectivity index (χ2n) is 2.98. The normalized spacial score (nSPS) is 16.4. The largest absolute Gasteiger partial charge is 0.344 e. The minimum atomic E-state index is -0.0795. The summed E-state index contributed by atoms with van der Waals surface area (Å²) in [4.78, 5) is 11.3. The van der Waals surface area contributed by atoms with Crippen LogP contribution in [0.4, 0.5) is 0 Å². The summed E-state index contributed by atoms with van der Waals surface area (Å²) in [6, 6.07) is 0.397. The number of nitrogens with one attached hydrogen (secondary N) is 1. The molecule has 13 heavy (non-hydrogen) atoms. The van der Waals surface area contributed by atoms with Crippen molar-refractivity contribution >= 4 is 24.4 Å². The van der Waals surface area contributed by atoms with E-state index in [9.17, 15) is 4.79 Å². The Kier molecular flexibility index (Phi) is 2.69. The fourth-order valence-corrected chi connectivity index (χ4v) is 2.21. The molecule has 1 heterocycles. The predicted molar refractivity (Wildman–Crippen MR) is 55.7 cm³/mol. The van der Waals surface area contributed by atoms with Crippen molar-refractivity contribution < 1.29 is 0 Å². The van der Waals surface area contributed by atoms with Gasteiger partial charge in [-0.25, -0.2) is 9.89 Å². The van der Waals surface area contributed by atoms with Crippen LogP contribution in [0, 0.1) is 0 Å². The van der Waals surface area contributed by atoms with Crippen LogP contribution in [0.1, 0.15) is 18.9 Å². The molecule has 0 unspecified atom stereocenters. The molecule has 0 aromatic carbocycles. The zero-order valence-corrected chi connectivity index (χ0v) is 8.77. The third-order valence-electron chi connectivity index (χ3n) is 1.91. The van der Waals surface area contributed by atoms with Gasteiger partial charge < -0.3 is 0 Å². The van der Waals surface area contributed by atoms with Gasteiger partial charge in [-0.05, 0) is 18.6 Å². The van der Waals surface area contributed by atoms with E-state index in [0.717, 1.165) is 29.5 Å². The lowest BCUT2D eigenvalue weighted by Gasteiger charge is -2.00. The van der Waals surface area contributed by atoms with Crippen molar-refractivity contribution in [3.05, 3.63) is 10.5 Å². The van der Waals surface area contributed by atoms with Crippen LogP contribution in [0.5, 0.6) is 0 Å². The van der Waals surface area contributed by atoms with E-state index in [1.54, 1.807) is 16.3 Å². The molecule has 0 atom stereocenters. The monoisotopic (exact) mass is 217 g/mol. The van der Waals surface area contributed by atoms with Crippen molar-refractivity contribution in [1.82, 2.24) is 14.8 Å². The maximum atomic E-state index is 11.3. The Morgan fingerprint density at radius 2 is 2.46 bits per heavy atom. The number of thiol groups is 1. The molecule has 4 nitrogen and oxygen atoms in total. The van der Waals surface area contributed by atoms with Crippen molar-refractivity contribution in [2.24, 2.45) is 0 Å². The Hall–Kier alpha value is -0.360. The number of aromatic amines is 1. The van der Waals surface area contributed by atoms with Gasteiger partial charge in [0.25, 0.3) is 0 Å². The molecule has 0 radical (unpaired) electrons. The van der Waals surface area contributed by atoms with E-state index in [1.165, 1.54) is 0 Å². The van der Waals surface area contributed by atoms with Crippen molar-refractivity contribution in [3.63, 3.8) is 0 Å². The highest BCUT2D eigenvalue weighted by Gasteiger charge is 2.28. The van der Waals surface area contributed by atoms with E-state index in [0.29, 0.717) is 6.04 Å². The molecule has 72 valence electrons. The zero-order chi connectivity index (χ0) is 9.26. The second kappa shape index (κ2) is 3.79. The Labute approximate surface area is 85.5 Å². The van der Waals surface area contributed by atoms with Crippen molar-refractivity contribution in [1.29, 1.82) is 0 Å². The highest BCUT2D eigenvalue weighted by molar-refractivity contribution is 7.99. The first-order chi connectivity index (χ1) is 6.33. The Bertz CT molecular complexity index is 342.